The second-order valence-electron chi connectivity index (χ2n) is 8.45. The highest BCUT2D eigenvalue weighted by Crippen LogP contribution is 2.33. The van der Waals surface area contributed by atoms with E-state index >= 15 is 0 Å². The van der Waals surface area contributed by atoms with Gasteiger partial charge in [0, 0.05) is 37.5 Å². The lowest BCUT2D eigenvalue weighted by molar-refractivity contribution is -0.570. The molecular formula is C25H23F3N5O3S+. The van der Waals surface area contributed by atoms with E-state index in [0.717, 1.165) is 26.6 Å². The monoisotopic (exact) mass is 530 g/mol. The van der Waals surface area contributed by atoms with Gasteiger partial charge in [0.25, 0.3) is 0 Å². The number of halogens is 3. The van der Waals surface area contributed by atoms with Crippen molar-refractivity contribution in [2.75, 3.05) is 19.0 Å². The highest BCUT2D eigenvalue weighted by Gasteiger charge is 2.35. The third kappa shape index (κ3) is 5.64. The highest BCUT2D eigenvalue weighted by molar-refractivity contribution is 7.90. The first kappa shape index (κ1) is 25.9. The number of sulfonamides is 1. The Morgan fingerprint density at radius 2 is 1.57 bits per heavy atom. The summed E-state index contributed by atoms with van der Waals surface area (Å²) in [4.78, 5) is 14.0. The van der Waals surface area contributed by atoms with E-state index in [1.165, 1.54) is 36.7 Å². The molecule has 37 heavy (non-hydrogen) atoms. The number of nitrogens with one attached hydrogen (secondary N) is 1. The van der Waals surface area contributed by atoms with E-state index in [1.54, 1.807) is 36.4 Å². The van der Waals surface area contributed by atoms with Gasteiger partial charge in [0.1, 0.15) is 17.3 Å². The molecule has 0 atom stereocenters. The fourth-order valence-corrected chi connectivity index (χ4v) is 4.44. The molecule has 1 amide bonds. The first-order valence-electron chi connectivity index (χ1n) is 11.0. The standard InChI is InChI=1S/C25H22F3N5O3S/c1-17-4-6-18(7-5-17)22-16-23(25(26,27)28)29-33(22)20-8-10-21(11-9-20)37(35,36)30-24(34)32-14-12-19(13-15-32)31(2)3/h4-16H,1-3H3/p+1. The van der Waals surface area contributed by atoms with E-state index in [9.17, 15) is 26.4 Å². The van der Waals surface area contributed by atoms with Crippen LogP contribution in [-0.4, -0.2) is 38.3 Å². The van der Waals surface area contributed by atoms with Crippen LogP contribution in [0.1, 0.15) is 11.3 Å². The molecular weight excluding hydrogens is 507 g/mol. The Morgan fingerprint density at radius 3 is 2.11 bits per heavy atom. The predicted octanol–water partition coefficient (Wildman–Crippen LogP) is 4.17. The molecule has 1 N–H and O–H groups in total. The zero-order valence-corrected chi connectivity index (χ0v) is 20.9. The minimum absolute atomic E-state index is 0.189. The van der Waals surface area contributed by atoms with Crippen LogP contribution in [0.25, 0.3) is 16.9 Å². The van der Waals surface area contributed by atoms with Crippen LogP contribution < -0.4 is 14.2 Å². The zero-order chi connectivity index (χ0) is 27.0. The predicted molar refractivity (Wildman–Crippen MR) is 131 cm³/mol. The van der Waals surface area contributed by atoms with Crippen LogP contribution in [-0.2, 0) is 16.2 Å². The van der Waals surface area contributed by atoms with Crippen LogP contribution in [0.3, 0.4) is 0 Å². The normalized spacial score (nSPS) is 11.8. The van der Waals surface area contributed by atoms with Gasteiger partial charge in [0.05, 0.1) is 11.4 Å². The topological polar surface area (TPSA) is 88.2 Å². The van der Waals surface area contributed by atoms with Gasteiger partial charge in [-0.25, -0.2) is 4.68 Å². The largest absolute Gasteiger partial charge is 0.511 e. The van der Waals surface area contributed by atoms with Crippen molar-refractivity contribution in [3.8, 4) is 16.9 Å². The summed E-state index contributed by atoms with van der Waals surface area (Å²) in [5.74, 6) is 0. The molecule has 0 aliphatic carbocycles. The SMILES string of the molecule is Cc1ccc(-c2cc(C(F)(F)F)nn2-c2ccc(S(=O)(=O)NC(=O)[n+]3ccc(N(C)C)cc3)cc2)cc1. The average Bonchev–Trinajstić information content (AvgIpc) is 3.30. The highest BCUT2D eigenvalue weighted by atomic mass is 32.2. The Hall–Kier alpha value is -4.19. The van der Waals surface area contributed by atoms with Crippen molar-refractivity contribution < 1.29 is 31.0 Å². The lowest BCUT2D eigenvalue weighted by atomic mass is 10.1. The number of rotatable bonds is 5. The number of nitrogens with zero attached hydrogens (tertiary/aromatic N) is 4. The van der Waals surface area contributed by atoms with Gasteiger partial charge in [-0.1, -0.05) is 29.8 Å². The van der Waals surface area contributed by atoms with Crippen LogP contribution in [0.5, 0.6) is 0 Å². The van der Waals surface area contributed by atoms with Gasteiger partial charge in [-0.05, 0) is 37.3 Å². The molecule has 0 aliphatic heterocycles. The van der Waals surface area contributed by atoms with E-state index in [-0.39, 0.29) is 16.3 Å². The third-order valence-corrected chi connectivity index (χ3v) is 6.86. The minimum Gasteiger partial charge on any atom is -0.377 e. The number of amides is 1. The van der Waals surface area contributed by atoms with E-state index < -0.39 is 27.9 Å². The van der Waals surface area contributed by atoms with Crippen molar-refractivity contribution in [2.24, 2.45) is 0 Å². The van der Waals surface area contributed by atoms with Crippen LogP contribution in [0.4, 0.5) is 23.7 Å². The molecule has 4 aromatic rings. The van der Waals surface area contributed by atoms with Crippen LogP contribution in [0.15, 0.2) is 84.0 Å². The Labute approximate surface area is 211 Å². The van der Waals surface area contributed by atoms with Gasteiger partial charge < -0.3 is 4.90 Å². The summed E-state index contributed by atoms with van der Waals surface area (Å²) in [5.41, 5.74) is 1.59. The van der Waals surface area contributed by atoms with Crippen molar-refractivity contribution in [2.45, 2.75) is 18.0 Å². The number of aryl methyl sites for hydroxylation is 1. The number of hydrogen-bond donors (Lipinski definition) is 1. The molecule has 8 nitrogen and oxygen atoms in total. The number of benzene rings is 2. The molecule has 12 heteroatoms. The van der Waals surface area contributed by atoms with Gasteiger partial charge >= 0.3 is 22.2 Å². The quantitative estimate of drug-likeness (QED) is 0.392. The molecule has 0 saturated heterocycles. The summed E-state index contributed by atoms with van der Waals surface area (Å²) in [6.07, 6.45) is -1.82. The Morgan fingerprint density at radius 1 is 0.973 bits per heavy atom. The molecule has 0 fully saturated rings. The van der Waals surface area contributed by atoms with Crippen molar-refractivity contribution in [3.63, 3.8) is 0 Å². The maximum absolute atomic E-state index is 13.4. The lowest BCUT2D eigenvalue weighted by Crippen LogP contribution is -2.51. The Bertz CT molecular complexity index is 1530. The third-order valence-electron chi connectivity index (χ3n) is 5.52. The van der Waals surface area contributed by atoms with Gasteiger partial charge in [-0.15, -0.1) is 4.72 Å². The number of alkyl halides is 3. The zero-order valence-electron chi connectivity index (χ0n) is 20.1. The smallest absolute Gasteiger partial charge is 0.377 e. The minimum atomic E-state index is -4.67. The summed E-state index contributed by atoms with van der Waals surface area (Å²) in [7, 11) is -0.610. The maximum Gasteiger partial charge on any atom is 0.511 e. The van der Waals surface area contributed by atoms with Crippen molar-refractivity contribution >= 4 is 21.7 Å². The number of carbonyl (C=O) groups excluding carboxylic acids is 1. The average molecular weight is 531 g/mol. The summed E-state index contributed by atoms with van der Waals surface area (Å²) in [6, 6.07) is 15.3. The fraction of sp³-hybridized carbons (Fsp3) is 0.160. The van der Waals surface area contributed by atoms with Crippen LogP contribution >= 0.6 is 0 Å². The number of aromatic nitrogens is 3. The van der Waals surface area contributed by atoms with Gasteiger partial charge in [0.2, 0.25) is 0 Å². The second kappa shape index (κ2) is 9.69. The summed E-state index contributed by atoms with van der Waals surface area (Å²) in [5, 5.41) is 3.72. The first-order chi connectivity index (χ1) is 17.3. The lowest BCUT2D eigenvalue weighted by Gasteiger charge is -2.11. The molecule has 0 radical (unpaired) electrons. The van der Waals surface area contributed by atoms with E-state index in [1.807, 2.05) is 30.6 Å². The van der Waals surface area contributed by atoms with Crippen molar-refractivity contribution in [1.82, 2.24) is 14.5 Å². The van der Waals surface area contributed by atoms with Gasteiger partial charge in [-0.3, -0.25) is 0 Å². The van der Waals surface area contributed by atoms with Crippen LogP contribution in [0.2, 0.25) is 0 Å². The van der Waals surface area contributed by atoms with Gasteiger partial charge in [0.15, 0.2) is 5.69 Å². The van der Waals surface area contributed by atoms with Gasteiger partial charge in [-0.2, -0.15) is 36.0 Å². The summed E-state index contributed by atoms with van der Waals surface area (Å²) >= 11 is 0. The molecule has 0 aliphatic rings. The molecule has 4 rings (SSSR count). The maximum atomic E-state index is 13.4. The molecule has 0 unspecified atom stereocenters. The summed E-state index contributed by atoms with van der Waals surface area (Å²) in [6.45, 7) is 1.86. The van der Waals surface area contributed by atoms with E-state index in [2.05, 4.69) is 5.10 Å². The number of anilines is 1. The molecule has 2 aromatic carbocycles. The Kier molecular flexibility index (Phi) is 6.78. The van der Waals surface area contributed by atoms with Crippen LogP contribution in [0, 0.1) is 6.92 Å². The molecule has 0 saturated carbocycles. The number of hydrogen-bond acceptors (Lipinski definition) is 5. The molecule has 0 bridgehead atoms. The molecule has 2 aromatic heterocycles. The molecule has 0 spiro atoms. The first-order valence-corrected chi connectivity index (χ1v) is 12.4. The van der Waals surface area contributed by atoms with Crippen molar-refractivity contribution in [3.05, 3.63) is 90.4 Å². The molecule has 192 valence electrons. The van der Waals surface area contributed by atoms with E-state index in [4.69, 9.17) is 0 Å². The van der Waals surface area contributed by atoms with E-state index in [0.29, 0.717) is 5.56 Å². The number of pyridine rings is 1. The fourth-order valence-electron chi connectivity index (χ4n) is 3.49. The number of carbonyl (C=O) groups is 1. The summed E-state index contributed by atoms with van der Waals surface area (Å²) < 4.78 is 70.0. The Balaban J connectivity index is 1.62. The second-order valence-corrected chi connectivity index (χ2v) is 10.1. The molecule has 2 heterocycles. The van der Waals surface area contributed by atoms with Crippen molar-refractivity contribution in [1.29, 1.82) is 0 Å².